The van der Waals surface area contributed by atoms with E-state index >= 15 is 0 Å². The normalized spacial score (nSPS) is 35.5. The van der Waals surface area contributed by atoms with Crippen LogP contribution < -0.4 is 5.32 Å². The van der Waals surface area contributed by atoms with Gasteiger partial charge in [-0.3, -0.25) is 9.59 Å². The van der Waals surface area contributed by atoms with Crippen molar-refractivity contribution in [3.05, 3.63) is 24.2 Å². The molecule has 2 aliphatic heterocycles. The van der Waals surface area contributed by atoms with E-state index in [0.717, 1.165) is 29.8 Å². The van der Waals surface area contributed by atoms with Crippen LogP contribution in [0.2, 0.25) is 0 Å². The highest BCUT2D eigenvalue weighted by Gasteiger charge is 2.49. The number of amidine groups is 1. The maximum absolute atomic E-state index is 12.8. The van der Waals surface area contributed by atoms with Gasteiger partial charge in [-0.15, -0.1) is 0 Å². The Morgan fingerprint density at radius 2 is 2.11 bits per heavy atom. The van der Waals surface area contributed by atoms with E-state index < -0.39 is 4.75 Å². The monoisotopic (exact) mass is 401 g/mol. The van der Waals surface area contributed by atoms with Gasteiger partial charge >= 0.3 is 0 Å². The number of rotatable bonds is 3. The lowest BCUT2D eigenvalue weighted by molar-refractivity contribution is -0.121. The standard InChI is InChI=1S/C21H27N3O3S/c1-21(16-4-7-24(8-5-16)18(25)15-6-9-27-12-15)19(26)23-20(28-21)22-17-11-13-2-3-14(17)10-13/h6,9,12-14,16-17H,2-5,7-8,10-11H2,1H3,(H,22,23,26)/t13-,14-,17-,21?/m0/s1. The summed E-state index contributed by atoms with van der Waals surface area (Å²) in [5.74, 6) is 1.86. The fourth-order valence-electron chi connectivity index (χ4n) is 5.57. The minimum atomic E-state index is -0.509. The lowest BCUT2D eigenvalue weighted by Crippen LogP contribution is -2.46. The summed E-state index contributed by atoms with van der Waals surface area (Å²) in [6, 6.07) is 2.20. The molecule has 4 aliphatic rings. The Bertz CT molecular complexity index is 800. The SMILES string of the molecule is CC1(C2CCN(C(=O)c3ccoc3)CC2)SC(N[C@H]2C[C@H]3CC[C@H]2C3)=NC1=O. The smallest absolute Gasteiger partial charge is 0.264 e. The average Bonchev–Trinajstić information content (AvgIpc) is 3.48. The van der Waals surface area contributed by atoms with Gasteiger partial charge in [0.15, 0.2) is 5.17 Å². The topological polar surface area (TPSA) is 74.9 Å². The Kier molecular flexibility index (Phi) is 4.53. The van der Waals surface area contributed by atoms with Gasteiger partial charge in [-0.1, -0.05) is 18.2 Å². The molecule has 1 saturated heterocycles. The molecule has 0 aromatic carbocycles. The fourth-order valence-corrected chi connectivity index (χ4v) is 6.85. The van der Waals surface area contributed by atoms with Gasteiger partial charge in [0.25, 0.3) is 11.8 Å². The van der Waals surface area contributed by atoms with Gasteiger partial charge in [0.1, 0.15) is 11.0 Å². The Balaban J connectivity index is 1.19. The zero-order chi connectivity index (χ0) is 19.3. The quantitative estimate of drug-likeness (QED) is 0.841. The van der Waals surface area contributed by atoms with Crippen LogP contribution >= 0.6 is 11.8 Å². The molecule has 3 heterocycles. The van der Waals surface area contributed by atoms with Crippen LogP contribution in [-0.2, 0) is 4.79 Å². The molecule has 150 valence electrons. The van der Waals surface area contributed by atoms with E-state index in [1.54, 1.807) is 17.8 Å². The highest BCUT2D eigenvalue weighted by Crippen LogP contribution is 2.47. The minimum absolute atomic E-state index is 0.0113. The van der Waals surface area contributed by atoms with E-state index in [2.05, 4.69) is 10.3 Å². The summed E-state index contributed by atoms with van der Waals surface area (Å²) in [6.45, 7) is 3.39. The molecule has 2 amide bonds. The second kappa shape index (κ2) is 6.94. The second-order valence-corrected chi connectivity index (χ2v) is 10.4. The number of thioether (sulfide) groups is 1. The van der Waals surface area contributed by atoms with Crippen molar-refractivity contribution >= 4 is 28.7 Å². The number of likely N-dealkylation sites (tertiary alicyclic amines) is 1. The molecule has 1 N–H and O–H groups in total. The van der Waals surface area contributed by atoms with Crippen LogP contribution in [0.3, 0.4) is 0 Å². The summed E-state index contributed by atoms with van der Waals surface area (Å²) in [7, 11) is 0. The number of nitrogens with zero attached hydrogens (tertiary/aromatic N) is 2. The summed E-state index contributed by atoms with van der Waals surface area (Å²) in [5, 5.41) is 4.42. The van der Waals surface area contributed by atoms with Crippen molar-refractivity contribution in [2.24, 2.45) is 22.7 Å². The number of nitrogens with one attached hydrogen (secondary N) is 1. The number of hydrogen-bond donors (Lipinski definition) is 1. The third-order valence-corrected chi connectivity index (χ3v) is 8.65. The molecule has 7 heteroatoms. The molecule has 2 aliphatic carbocycles. The number of piperidine rings is 1. The lowest BCUT2D eigenvalue weighted by atomic mass is 9.84. The van der Waals surface area contributed by atoms with Crippen molar-refractivity contribution in [2.45, 2.75) is 56.2 Å². The van der Waals surface area contributed by atoms with Gasteiger partial charge in [0.05, 0.1) is 11.8 Å². The molecule has 28 heavy (non-hydrogen) atoms. The van der Waals surface area contributed by atoms with Crippen molar-refractivity contribution < 1.29 is 14.0 Å². The van der Waals surface area contributed by atoms with Crippen molar-refractivity contribution in [3.63, 3.8) is 0 Å². The summed E-state index contributed by atoms with van der Waals surface area (Å²) in [5.41, 5.74) is 0.594. The first kappa shape index (κ1) is 18.3. The molecule has 0 radical (unpaired) electrons. The van der Waals surface area contributed by atoms with Crippen molar-refractivity contribution in [1.29, 1.82) is 0 Å². The van der Waals surface area contributed by atoms with Crippen molar-refractivity contribution in [2.75, 3.05) is 13.1 Å². The molecule has 3 fully saturated rings. The maximum atomic E-state index is 12.8. The molecule has 1 aromatic rings. The third-order valence-electron chi connectivity index (χ3n) is 7.31. The first-order chi connectivity index (χ1) is 13.5. The molecule has 4 atom stereocenters. The van der Waals surface area contributed by atoms with Gasteiger partial charge in [0, 0.05) is 19.1 Å². The summed E-state index contributed by atoms with van der Waals surface area (Å²) in [6.07, 6.45) is 9.92. The van der Waals surface area contributed by atoms with E-state index in [1.807, 2.05) is 11.8 Å². The van der Waals surface area contributed by atoms with Crippen molar-refractivity contribution in [3.8, 4) is 0 Å². The van der Waals surface area contributed by atoms with Crippen molar-refractivity contribution in [1.82, 2.24) is 10.2 Å². The highest BCUT2D eigenvalue weighted by atomic mass is 32.2. The molecule has 6 nitrogen and oxygen atoms in total. The molecule has 2 saturated carbocycles. The Morgan fingerprint density at radius 3 is 2.75 bits per heavy atom. The number of aliphatic imine (C=N–C) groups is 1. The second-order valence-electron chi connectivity index (χ2n) is 8.94. The highest BCUT2D eigenvalue weighted by molar-refractivity contribution is 8.16. The number of carbonyl (C=O) groups is 2. The Morgan fingerprint density at radius 1 is 1.29 bits per heavy atom. The first-order valence-corrected chi connectivity index (χ1v) is 11.2. The van der Waals surface area contributed by atoms with E-state index in [1.165, 1.54) is 38.2 Å². The summed E-state index contributed by atoms with van der Waals surface area (Å²) < 4.78 is 4.52. The van der Waals surface area contributed by atoms with E-state index in [4.69, 9.17) is 4.42 Å². The molecule has 2 bridgehead atoms. The van der Waals surface area contributed by atoms with Gasteiger partial charge < -0.3 is 14.6 Å². The predicted octanol–water partition coefficient (Wildman–Crippen LogP) is 3.30. The van der Waals surface area contributed by atoms with Crippen LogP contribution in [-0.4, -0.2) is 45.8 Å². The number of fused-ring (bicyclic) bond motifs is 2. The number of carbonyl (C=O) groups excluding carboxylic acids is 2. The Labute approximate surface area is 169 Å². The average molecular weight is 402 g/mol. The third kappa shape index (κ3) is 3.08. The molecule has 0 spiro atoms. The van der Waals surface area contributed by atoms with Crippen LogP contribution in [0.4, 0.5) is 0 Å². The van der Waals surface area contributed by atoms with Crippen LogP contribution in [0.5, 0.6) is 0 Å². The zero-order valence-corrected chi connectivity index (χ0v) is 17.0. The maximum Gasteiger partial charge on any atom is 0.264 e. The largest absolute Gasteiger partial charge is 0.472 e. The lowest BCUT2D eigenvalue weighted by Gasteiger charge is -2.38. The molecular formula is C21H27N3O3S. The number of amides is 2. The van der Waals surface area contributed by atoms with Gasteiger partial charge in [-0.05, 0) is 62.8 Å². The van der Waals surface area contributed by atoms with Crippen LogP contribution in [0.25, 0.3) is 0 Å². The van der Waals surface area contributed by atoms with Gasteiger partial charge in [-0.2, -0.15) is 4.99 Å². The van der Waals surface area contributed by atoms with Crippen LogP contribution in [0.15, 0.2) is 28.0 Å². The van der Waals surface area contributed by atoms with E-state index in [9.17, 15) is 9.59 Å². The van der Waals surface area contributed by atoms with Crippen LogP contribution in [0.1, 0.15) is 55.8 Å². The van der Waals surface area contributed by atoms with Gasteiger partial charge in [-0.25, -0.2) is 0 Å². The Hall–Kier alpha value is -1.76. The fraction of sp³-hybridized carbons (Fsp3) is 0.667. The molecule has 1 unspecified atom stereocenters. The first-order valence-electron chi connectivity index (χ1n) is 10.4. The summed E-state index contributed by atoms with van der Waals surface area (Å²) in [4.78, 5) is 31.6. The summed E-state index contributed by atoms with van der Waals surface area (Å²) >= 11 is 1.62. The molecule has 1 aromatic heterocycles. The van der Waals surface area contributed by atoms with E-state index in [-0.39, 0.29) is 17.7 Å². The predicted molar refractivity (Wildman–Crippen MR) is 108 cm³/mol. The van der Waals surface area contributed by atoms with E-state index in [0.29, 0.717) is 24.7 Å². The molecular weight excluding hydrogens is 374 g/mol. The number of furan rings is 1. The zero-order valence-electron chi connectivity index (χ0n) is 16.2. The molecule has 5 rings (SSSR count). The van der Waals surface area contributed by atoms with Gasteiger partial charge in [0.2, 0.25) is 0 Å². The van der Waals surface area contributed by atoms with Crippen LogP contribution in [0, 0.1) is 17.8 Å². The number of hydrogen-bond acceptors (Lipinski definition) is 5. The minimum Gasteiger partial charge on any atom is -0.472 e.